The van der Waals surface area contributed by atoms with Crippen molar-refractivity contribution >= 4 is 18.0 Å². The van der Waals surface area contributed by atoms with Crippen LogP contribution in [0.15, 0.2) is 52.6 Å². The maximum atomic E-state index is 14.6. The van der Waals surface area contributed by atoms with Crippen LogP contribution in [-0.2, 0) is 14.3 Å². The van der Waals surface area contributed by atoms with Crippen molar-refractivity contribution in [3.05, 3.63) is 64.0 Å². The molecule has 2 N–H and O–H groups in total. The van der Waals surface area contributed by atoms with E-state index in [1.807, 2.05) is 6.08 Å². The summed E-state index contributed by atoms with van der Waals surface area (Å²) in [6.07, 6.45) is 10.2. The average Bonchev–Trinajstić information content (AvgIpc) is 3.13. The topological polar surface area (TPSA) is 93.2 Å². The molecule has 0 heterocycles. The lowest BCUT2D eigenvalue weighted by Crippen LogP contribution is -2.50. The van der Waals surface area contributed by atoms with Gasteiger partial charge in [0.2, 0.25) is 0 Å². The summed E-state index contributed by atoms with van der Waals surface area (Å²) in [4.78, 5) is 24.0. The first kappa shape index (κ1) is 25.4. The maximum Gasteiger partial charge on any atom is 0.302 e. The summed E-state index contributed by atoms with van der Waals surface area (Å²) < 4.78 is 20.2. The largest absolute Gasteiger partial charge is 0.462 e. The molecule has 0 aliphatic heterocycles. The number of nitrogens with two attached hydrogens (primary N) is 1. The Kier molecular flexibility index (Phi) is 6.38. The van der Waals surface area contributed by atoms with Crippen LogP contribution in [0.25, 0.3) is 6.08 Å². The number of allylic oxidation sites excluding steroid dienone is 3. The summed E-state index contributed by atoms with van der Waals surface area (Å²) in [7, 11) is 0. The van der Waals surface area contributed by atoms with Crippen molar-refractivity contribution in [3.63, 3.8) is 0 Å². The van der Waals surface area contributed by atoms with Crippen molar-refractivity contribution in [1.29, 1.82) is 5.26 Å². The van der Waals surface area contributed by atoms with Gasteiger partial charge in [-0.3, -0.25) is 9.59 Å². The second-order valence-corrected chi connectivity index (χ2v) is 11.8. The van der Waals surface area contributed by atoms with Crippen LogP contribution < -0.4 is 5.73 Å². The Morgan fingerprint density at radius 3 is 2.54 bits per heavy atom. The number of benzene rings is 1. The lowest BCUT2D eigenvalue weighted by molar-refractivity contribution is -0.148. The third-order valence-electron chi connectivity index (χ3n) is 9.96. The van der Waals surface area contributed by atoms with Crippen LogP contribution in [-0.4, -0.2) is 18.0 Å². The summed E-state index contributed by atoms with van der Waals surface area (Å²) in [5, 5.41) is 9.96. The lowest BCUT2D eigenvalue weighted by atomic mass is 9.47. The molecule has 3 fully saturated rings. The molecule has 0 aromatic heterocycles. The first-order chi connectivity index (χ1) is 17.6. The SMILES string of the molecule is CC(=O)O[C@H]1CC[C@@]2(C)C(=CCC3C2CC[C@]2(C)C(=C(\C#N)C(N)=O)/C(=C/c4ccccc4F)CC32)C1. The van der Waals surface area contributed by atoms with Gasteiger partial charge in [-0.05, 0) is 90.4 Å². The maximum absolute atomic E-state index is 14.6. The zero-order chi connectivity index (χ0) is 26.5. The van der Waals surface area contributed by atoms with Crippen molar-refractivity contribution in [1.82, 2.24) is 0 Å². The van der Waals surface area contributed by atoms with Gasteiger partial charge in [0, 0.05) is 18.9 Å². The Morgan fingerprint density at radius 2 is 1.86 bits per heavy atom. The smallest absolute Gasteiger partial charge is 0.302 e. The molecule has 194 valence electrons. The molecule has 6 atom stereocenters. The fraction of sp³-hybridized carbons (Fsp3) is 0.516. The van der Waals surface area contributed by atoms with E-state index in [1.165, 1.54) is 18.6 Å². The molecular weight excluding hydrogens is 467 g/mol. The highest BCUT2D eigenvalue weighted by Crippen LogP contribution is 2.67. The lowest BCUT2D eigenvalue weighted by Gasteiger charge is -2.57. The number of carbonyl (C=O) groups is 2. The third-order valence-corrected chi connectivity index (χ3v) is 9.96. The van der Waals surface area contributed by atoms with Gasteiger partial charge in [0.25, 0.3) is 5.91 Å². The number of primary amides is 1. The first-order valence-electron chi connectivity index (χ1n) is 13.4. The molecule has 0 bridgehead atoms. The van der Waals surface area contributed by atoms with Gasteiger partial charge in [-0.1, -0.05) is 43.7 Å². The van der Waals surface area contributed by atoms with E-state index in [1.54, 1.807) is 18.2 Å². The van der Waals surface area contributed by atoms with Gasteiger partial charge in [-0.25, -0.2) is 4.39 Å². The van der Waals surface area contributed by atoms with Gasteiger partial charge in [0.1, 0.15) is 23.6 Å². The number of fused-ring (bicyclic) bond motifs is 5. The van der Waals surface area contributed by atoms with E-state index in [9.17, 15) is 19.2 Å². The highest BCUT2D eigenvalue weighted by atomic mass is 19.1. The van der Waals surface area contributed by atoms with Gasteiger partial charge < -0.3 is 10.5 Å². The van der Waals surface area contributed by atoms with E-state index in [0.29, 0.717) is 29.4 Å². The van der Waals surface area contributed by atoms with Gasteiger partial charge >= 0.3 is 5.97 Å². The van der Waals surface area contributed by atoms with Crippen LogP contribution in [0.2, 0.25) is 0 Å². The minimum Gasteiger partial charge on any atom is -0.462 e. The van der Waals surface area contributed by atoms with E-state index in [0.717, 1.165) is 44.1 Å². The number of nitriles is 1. The van der Waals surface area contributed by atoms with Crippen LogP contribution in [0.5, 0.6) is 0 Å². The highest BCUT2D eigenvalue weighted by Gasteiger charge is 2.59. The molecule has 4 aliphatic carbocycles. The van der Waals surface area contributed by atoms with Crippen molar-refractivity contribution < 1.29 is 18.7 Å². The summed E-state index contributed by atoms with van der Waals surface area (Å²) in [5.41, 5.74) is 8.82. The predicted octanol–water partition coefficient (Wildman–Crippen LogP) is 6.02. The second kappa shape index (κ2) is 9.28. The molecular formula is C31H35FN2O3. The highest BCUT2D eigenvalue weighted by molar-refractivity contribution is 5.98. The molecule has 1 aromatic rings. The normalized spacial score (nSPS) is 36.9. The van der Waals surface area contributed by atoms with E-state index in [2.05, 4.69) is 26.0 Å². The average molecular weight is 503 g/mol. The monoisotopic (exact) mass is 502 g/mol. The van der Waals surface area contributed by atoms with Crippen molar-refractivity contribution in [3.8, 4) is 6.07 Å². The van der Waals surface area contributed by atoms with Crippen LogP contribution in [0.3, 0.4) is 0 Å². The van der Waals surface area contributed by atoms with Crippen LogP contribution in [0, 0.1) is 45.7 Å². The zero-order valence-electron chi connectivity index (χ0n) is 21.9. The number of ether oxygens (including phenoxy) is 1. The van der Waals surface area contributed by atoms with E-state index in [4.69, 9.17) is 10.5 Å². The zero-order valence-corrected chi connectivity index (χ0v) is 21.9. The van der Waals surface area contributed by atoms with E-state index < -0.39 is 5.91 Å². The van der Waals surface area contributed by atoms with Crippen molar-refractivity contribution in [2.24, 2.45) is 34.3 Å². The van der Waals surface area contributed by atoms with Gasteiger partial charge in [0.15, 0.2) is 0 Å². The van der Waals surface area contributed by atoms with Crippen LogP contribution in [0.1, 0.15) is 71.3 Å². The van der Waals surface area contributed by atoms with Crippen molar-refractivity contribution in [2.75, 3.05) is 0 Å². The van der Waals surface area contributed by atoms with Gasteiger partial charge in [0.05, 0.1) is 0 Å². The Labute approximate surface area is 218 Å². The van der Waals surface area contributed by atoms with Gasteiger partial charge in [-0.15, -0.1) is 0 Å². The summed E-state index contributed by atoms with van der Waals surface area (Å²) in [6.45, 7) is 6.01. The summed E-state index contributed by atoms with van der Waals surface area (Å²) in [5.74, 6) is -0.194. The number of rotatable bonds is 3. The number of carbonyl (C=O) groups excluding carboxylic acids is 2. The minimum atomic E-state index is -0.720. The molecule has 1 amide bonds. The number of hydrogen-bond donors (Lipinski definition) is 1. The molecule has 0 saturated heterocycles. The molecule has 1 aromatic carbocycles. The number of esters is 1. The molecule has 6 heteroatoms. The molecule has 5 nitrogen and oxygen atoms in total. The first-order valence-corrected chi connectivity index (χ1v) is 13.4. The number of hydrogen-bond acceptors (Lipinski definition) is 4. The standard InChI is InChI=1S/C31H35FN2O3/c1-18(35)37-22-10-12-30(2)21(16-22)8-9-23-25(30)11-13-31(3)26(23)15-20(28(31)24(17-33)29(34)36)14-19-6-4-5-7-27(19)32/h4-8,14,22-23,25-26H,9-13,15-16H2,1-3H3,(H2,34,36)/b20-14+,28-24+/t22-,23?,25?,26?,30-,31-/m0/s1. The fourth-order valence-electron chi connectivity index (χ4n) is 8.27. The number of amides is 1. The predicted molar refractivity (Wildman–Crippen MR) is 139 cm³/mol. The Morgan fingerprint density at radius 1 is 1.14 bits per heavy atom. The quantitative estimate of drug-likeness (QED) is 0.237. The Hall–Kier alpha value is -3.20. The molecule has 4 aliphatic rings. The van der Waals surface area contributed by atoms with Crippen molar-refractivity contribution in [2.45, 2.75) is 71.8 Å². The molecule has 3 saturated carbocycles. The molecule has 0 radical (unpaired) electrons. The molecule has 37 heavy (non-hydrogen) atoms. The molecule has 3 unspecified atom stereocenters. The third kappa shape index (κ3) is 4.13. The summed E-state index contributed by atoms with van der Waals surface area (Å²) >= 11 is 0. The number of halogens is 1. The minimum absolute atomic E-state index is 0.00572. The second-order valence-electron chi connectivity index (χ2n) is 11.8. The van der Waals surface area contributed by atoms with Crippen LogP contribution in [0.4, 0.5) is 4.39 Å². The van der Waals surface area contributed by atoms with E-state index >= 15 is 0 Å². The number of nitrogens with zero attached hydrogens (tertiary/aromatic N) is 1. The van der Waals surface area contributed by atoms with Gasteiger partial charge in [-0.2, -0.15) is 5.26 Å². The fourth-order valence-corrected chi connectivity index (χ4v) is 8.27. The Balaban J connectivity index is 1.56. The summed E-state index contributed by atoms with van der Waals surface area (Å²) in [6, 6.07) is 8.69. The van der Waals surface area contributed by atoms with E-state index in [-0.39, 0.29) is 40.2 Å². The van der Waals surface area contributed by atoms with Crippen LogP contribution >= 0.6 is 0 Å². The molecule has 0 spiro atoms. The molecule has 5 rings (SSSR count). The Bertz CT molecular complexity index is 1290.